The number of phenolic OH excluding ortho intramolecular Hbond substituents is 1. The molecule has 1 aromatic rings. The zero-order chi connectivity index (χ0) is 18.6. The number of benzene rings is 1. The summed E-state index contributed by atoms with van der Waals surface area (Å²) in [5.41, 5.74) is 1.74. The largest absolute Gasteiger partial charge is 0.508 e. The van der Waals surface area contributed by atoms with Crippen LogP contribution in [0.5, 0.6) is 5.75 Å². The Morgan fingerprint density at radius 2 is 1.78 bits per heavy atom. The second-order valence-corrected chi connectivity index (χ2v) is 8.98. The number of carbonyl (C=O) groups excluding carboxylic acids is 1. The molecule has 1 aliphatic heterocycles. The molecule has 2 fully saturated rings. The average molecular weight is 368 g/mol. The van der Waals surface area contributed by atoms with Crippen molar-refractivity contribution in [3.63, 3.8) is 0 Å². The van der Waals surface area contributed by atoms with E-state index in [0.29, 0.717) is 18.0 Å². The van der Waals surface area contributed by atoms with Gasteiger partial charge in [0.1, 0.15) is 5.75 Å². The summed E-state index contributed by atoms with van der Waals surface area (Å²) >= 11 is 0. The Labute approximate surface area is 163 Å². The van der Waals surface area contributed by atoms with Gasteiger partial charge in [-0.3, -0.25) is 4.79 Å². The van der Waals surface area contributed by atoms with E-state index in [0.717, 1.165) is 23.9 Å². The van der Waals surface area contributed by atoms with Gasteiger partial charge in [0.2, 0.25) is 0 Å². The fourth-order valence-corrected chi connectivity index (χ4v) is 5.26. The van der Waals surface area contributed by atoms with E-state index < -0.39 is 0 Å². The van der Waals surface area contributed by atoms with Gasteiger partial charge in [0.05, 0.1) is 0 Å². The third-order valence-corrected chi connectivity index (χ3v) is 6.94. The molecule has 0 spiro atoms. The maximum atomic E-state index is 12.6. The molecule has 1 heterocycles. The monoisotopic (exact) mass is 367 g/mol. The fourth-order valence-electron chi connectivity index (χ4n) is 5.26. The van der Waals surface area contributed by atoms with Crippen LogP contribution < -0.4 is 0 Å². The van der Waals surface area contributed by atoms with Crippen LogP contribution in [0.25, 0.3) is 0 Å². The summed E-state index contributed by atoms with van der Waals surface area (Å²) in [5.74, 6) is 2.58. The number of aromatic hydroxyl groups is 1. The molecule has 0 radical (unpaired) electrons. The quantitative estimate of drug-likeness (QED) is 0.680. The number of phenols is 1. The first-order valence-electron chi connectivity index (χ1n) is 11.0. The summed E-state index contributed by atoms with van der Waals surface area (Å²) in [6.45, 7) is 1.57. The van der Waals surface area contributed by atoms with Gasteiger partial charge in [-0.25, -0.2) is 0 Å². The van der Waals surface area contributed by atoms with Crippen LogP contribution in [0.15, 0.2) is 30.4 Å². The molecule has 2 saturated carbocycles. The zero-order valence-corrected chi connectivity index (χ0v) is 16.4. The van der Waals surface area contributed by atoms with Gasteiger partial charge in [-0.05, 0) is 67.6 Å². The van der Waals surface area contributed by atoms with Gasteiger partial charge in [-0.15, -0.1) is 0 Å². The Morgan fingerprint density at radius 3 is 2.56 bits per heavy atom. The van der Waals surface area contributed by atoms with Crippen LogP contribution >= 0.6 is 0 Å². The second-order valence-electron chi connectivity index (χ2n) is 8.98. The number of rotatable bonds is 5. The molecule has 0 atom stereocenters. The summed E-state index contributed by atoms with van der Waals surface area (Å²) in [7, 11) is 0. The summed E-state index contributed by atoms with van der Waals surface area (Å²) in [5, 5.41) is 9.63. The molecule has 0 bridgehead atoms. The normalized spacial score (nSPS) is 26.7. The Hall–Kier alpha value is -1.77. The van der Waals surface area contributed by atoms with E-state index in [1.807, 2.05) is 11.0 Å². The van der Waals surface area contributed by atoms with E-state index in [1.54, 1.807) is 12.1 Å². The molecular weight excluding hydrogens is 334 g/mol. The first kappa shape index (κ1) is 18.6. The second kappa shape index (κ2) is 8.50. The summed E-state index contributed by atoms with van der Waals surface area (Å²) < 4.78 is 0. The molecule has 3 nitrogen and oxygen atoms in total. The molecule has 4 rings (SSSR count). The van der Waals surface area contributed by atoms with Crippen molar-refractivity contribution in [3.8, 4) is 5.75 Å². The van der Waals surface area contributed by atoms with E-state index in [1.165, 1.54) is 64.2 Å². The standard InChI is InChI=1S/C24H33NO2/c26-22-14-13-21-17-25(24(27)23(21)15-22)16-20-11-9-19(10-12-20)8-4-7-18-5-2-1-3-6-18/h4,8,13-15,18-20,26H,1-3,5-7,9-12,16-17H2/b8-4+. The smallest absolute Gasteiger partial charge is 0.254 e. The highest BCUT2D eigenvalue weighted by atomic mass is 16.3. The number of hydrogen-bond acceptors (Lipinski definition) is 2. The maximum absolute atomic E-state index is 12.6. The predicted molar refractivity (Wildman–Crippen MR) is 109 cm³/mol. The van der Waals surface area contributed by atoms with Gasteiger partial charge in [-0.2, -0.15) is 0 Å². The average Bonchev–Trinajstić information content (AvgIpc) is 2.99. The van der Waals surface area contributed by atoms with Gasteiger partial charge < -0.3 is 10.0 Å². The van der Waals surface area contributed by atoms with Crippen molar-refractivity contribution in [3.05, 3.63) is 41.5 Å². The minimum absolute atomic E-state index is 0.0930. The number of hydrogen-bond donors (Lipinski definition) is 1. The van der Waals surface area contributed by atoms with Crippen LogP contribution in [0.3, 0.4) is 0 Å². The van der Waals surface area contributed by atoms with Crippen molar-refractivity contribution >= 4 is 5.91 Å². The first-order chi connectivity index (χ1) is 13.2. The van der Waals surface area contributed by atoms with Crippen LogP contribution in [-0.2, 0) is 6.54 Å². The van der Waals surface area contributed by atoms with Crippen molar-refractivity contribution in [2.75, 3.05) is 6.54 Å². The molecule has 3 aliphatic rings. The fraction of sp³-hybridized carbons (Fsp3) is 0.625. The van der Waals surface area contributed by atoms with E-state index in [9.17, 15) is 9.90 Å². The minimum atomic E-state index is 0.0930. The summed E-state index contributed by atoms with van der Waals surface area (Å²) in [6, 6.07) is 5.18. The van der Waals surface area contributed by atoms with E-state index in [4.69, 9.17) is 0 Å². The van der Waals surface area contributed by atoms with E-state index >= 15 is 0 Å². The molecule has 3 heteroatoms. The molecule has 2 aliphatic carbocycles. The molecule has 1 aromatic carbocycles. The molecule has 0 saturated heterocycles. The highest BCUT2D eigenvalue weighted by molar-refractivity contribution is 5.98. The van der Waals surface area contributed by atoms with Gasteiger partial charge in [0.25, 0.3) is 5.91 Å². The van der Waals surface area contributed by atoms with E-state index in [-0.39, 0.29) is 11.7 Å². The van der Waals surface area contributed by atoms with Gasteiger partial charge in [0.15, 0.2) is 0 Å². The number of amides is 1. The zero-order valence-electron chi connectivity index (χ0n) is 16.4. The molecule has 27 heavy (non-hydrogen) atoms. The van der Waals surface area contributed by atoms with Crippen molar-refractivity contribution in [2.45, 2.75) is 70.8 Å². The molecular formula is C24H33NO2. The highest BCUT2D eigenvalue weighted by Crippen LogP contribution is 2.34. The Bertz CT molecular complexity index is 682. The Morgan fingerprint density at radius 1 is 1.00 bits per heavy atom. The lowest BCUT2D eigenvalue weighted by Gasteiger charge is -2.30. The Kier molecular flexibility index (Phi) is 5.85. The van der Waals surface area contributed by atoms with Crippen LogP contribution in [0, 0.1) is 17.8 Å². The van der Waals surface area contributed by atoms with Crippen molar-refractivity contribution in [1.29, 1.82) is 0 Å². The Balaban J connectivity index is 1.21. The highest BCUT2D eigenvalue weighted by Gasteiger charge is 2.30. The van der Waals surface area contributed by atoms with Crippen molar-refractivity contribution in [1.82, 2.24) is 4.90 Å². The number of allylic oxidation sites excluding steroid dienone is 2. The van der Waals surface area contributed by atoms with Gasteiger partial charge in [0, 0.05) is 18.7 Å². The summed E-state index contributed by atoms with van der Waals surface area (Å²) in [6.07, 6.45) is 18.4. The van der Waals surface area contributed by atoms with Gasteiger partial charge >= 0.3 is 0 Å². The number of fused-ring (bicyclic) bond motifs is 1. The predicted octanol–water partition coefficient (Wildman–Crippen LogP) is 5.68. The maximum Gasteiger partial charge on any atom is 0.254 e. The molecule has 146 valence electrons. The molecule has 1 N–H and O–H groups in total. The van der Waals surface area contributed by atoms with Crippen LogP contribution in [-0.4, -0.2) is 22.5 Å². The third kappa shape index (κ3) is 4.56. The third-order valence-electron chi connectivity index (χ3n) is 6.94. The van der Waals surface area contributed by atoms with Crippen molar-refractivity contribution < 1.29 is 9.90 Å². The van der Waals surface area contributed by atoms with Crippen LogP contribution in [0.2, 0.25) is 0 Å². The van der Waals surface area contributed by atoms with Crippen molar-refractivity contribution in [2.24, 2.45) is 17.8 Å². The number of nitrogens with zero attached hydrogens (tertiary/aromatic N) is 1. The molecule has 0 unspecified atom stereocenters. The first-order valence-corrected chi connectivity index (χ1v) is 11.0. The lowest BCUT2D eigenvalue weighted by molar-refractivity contribution is 0.0733. The SMILES string of the molecule is O=C1c2cc(O)ccc2CN1CC1CCC(/C=C/CC2CCCCC2)CC1. The number of carbonyl (C=O) groups is 1. The minimum Gasteiger partial charge on any atom is -0.508 e. The van der Waals surface area contributed by atoms with Crippen LogP contribution in [0.4, 0.5) is 0 Å². The lowest BCUT2D eigenvalue weighted by atomic mass is 9.81. The molecule has 1 amide bonds. The van der Waals surface area contributed by atoms with Crippen LogP contribution in [0.1, 0.15) is 80.1 Å². The molecule has 0 aromatic heterocycles. The lowest BCUT2D eigenvalue weighted by Crippen LogP contribution is -2.31. The topological polar surface area (TPSA) is 40.5 Å². The van der Waals surface area contributed by atoms with Gasteiger partial charge in [-0.1, -0.05) is 50.3 Å². The summed E-state index contributed by atoms with van der Waals surface area (Å²) in [4.78, 5) is 14.6. The van der Waals surface area contributed by atoms with E-state index in [2.05, 4.69) is 12.2 Å².